The zero-order chi connectivity index (χ0) is 23.8. The third kappa shape index (κ3) is 3.65. The Morgan fingerprint density at radius 2 is 1.65 bits per heavy atom. The number of ether oxygens (including phenoxy) is 1. The second-order valence-corrected chi connectivity index (χ2v) is 10.5. The molecule has 2 aromatic carbocycles. The number of nitrogens with zero attached hydrogens (tertiary/aromatic N) is 1. The Morgan fingerprint density at radius 3 is 2.32 bits per heavy atom. The van der Waals surface area contributed by atoms with Gasteiger partial charge in [0.1, 0.15) is 11.3 Å². The van der Waals surface area contributed by atoms with Gasteiger partial charge < -0.3 is 14.7 Å². The summed E-state index contributed by atoms with van der Waals surface area (Å²) in [5.74, 6) is -1.26. The topological polar surface area (TPSA) is 66.8 Å². The number of Topliss-reactive ketones (excluding diaryl/α,β-unsaturated/α-hetero) is 1. The number of ketones is 1. The first kappa shape index (κ1) is 23.1. The summed E-state index contributed by atoms with van der Waals surface area (Å²) in [5.41, 5.74) is 0.259. The highest BCUT2D eigenvalue weighted by molar-refractivity contribution is 6.05. The average molecular weight is 462 g/mol. The van der Waals surface area contributed by atoms with E-state index in [-0.39, 0.29) is 22.5 Å². The number of piperidine rings is 1. The normalized spacial score (nSPS) is 27.0. The van der Waals surface area contributed by atoms with Gasteiger partial charge in [0.25, 0.3) is 0 Å². The summed E-state index contributed by atoms with van der Waals surface area (Å²) < 4.78 is 7.04. The maximum absolute atomic E-state index is 14.0. The molecule has 0 amide bonds. The molecule has 5 heteroatoms. The van der Waals surface area contributed by atoms with E-state index in [9.17, 15) is 14.7 Å². The largest absolute Gasteiger partial charge is 0.479 e. The predicted octanol–water partition coefficient (Wildman–Crippen LogP) is 5.93. The summed E-state index contributed by atoms with van der Waals surface area (Å²) in [6, 6.07) is 15.1. The Balaban J connectivity index is 1.73. The molecule has 5 rings (SSSR count). The van der Waals surface area contributed by atoms with Crippen molar-refractivity contribution in [1.29, 1.82) is 0 Å². The second-order valence-electron chi connectivity index (χ2n) is 10.5. The van der Waals surface area contributed by atoms with Gasteiger partial charge in [-0.2, -0.15) is 0 Å². The number of benzene rings is 2. The minimum absolute atomic E-state index is 0.0169. The SMILES string of the molecule is CC1C(=O)c2cccc(C(=O)O)c2OC1(c1ccccc1)C1(CN2CCCCC2)CCCCC1. The molecule has 34 heavy (non-hydrogen) atoms. The minimum atomic E-state index is -1.06. The monoisotopic (exact) mass is 461 g/mol. The van der Waals surface area contributed by atoms with Crippen molar-refractivity contribution in [2.45, 2.75) is 63.9 Å². The molecule has 1 N–H and O–H groups in total. The highest BCUT2D eigenvalue weighted by Gasteiger charge is 2.62. The van der Waals surface area contributed by atoms with Gasteiger partial charge in [0.05, 0.1) is 11.5 Å². The third-order valence-electron chi connectivity index (χ3n) is 8.55. The third-order valence-corrected chi connectivity index (χ3v) is 8.55. The van der Waals surface area contributed by atoms with Crippen LogP contribution in [0.15, 0.2) is 48.5 Å². The van der Waals surface area contributed by atoms with Crippen LogP contribution in [0.1, 0.15) is 84.6 Å². The first-order valence-electron chi connectivity index (χ1n) is 12.9. The molecule has 0 spiro atoms. The molecule has 3 aliphatic rings. The first-order valence-corrected chi connectivity index (χ1v) is 12.9. The number of carbonyl (C=O) groups is 2. The number of carbonyl (C=O) groups excluding carboxylic acids is 1. The van der Waals surface area contributed by atoms with Gasteiger partial charge in [0.15, 0.2) is 11.4 Å². The van der Waals surface area contributed by atoms with Crippen molar-refractivity contribution < 1.29 is 19.4 Å². The number of likely N-dealkylation sites (tertiary alicyclic amines) is 1. The Hall–Kier alpha value is -2.66. The van der Waals surface area contributed by atoms with Crippen molar-refractivity contribution in [2.24, 2.45) is 11.3 Å². The lowest BCUT2D eigenvalue weighted by molar-refractivity contribution is -0.135. The van der Waals surface area contributed by atoms with E-state index in [2.05, 4.69) is 17.0 Å². The molecule has 2 atom stereocenters. The van der Waals surface area contributed by atoms with Gasteiger partial charge in [0, 0.05) is 12.0 Å². The molecule has 2 aliphatic heterocycles. The van der Waals surface area contributed by atoms with E-state index in [4.69, 9.17) is 4.74 Å². The lowest BCUT2D eigenvalue weighted by Gasteiger charge is -2.58. The number of carboxylic acid groups (broad SMARTS) is 1. The Morgan fingerprint density at radius 1 is 0.971 bits per heavy atom. The van der Waals surface area contributed by atoms with E-state index in [1.165, 1.54) is 25.7 Å². The number of aromatic carboxylic acids is 1. The summed E-state index contributed by atoms with van der Waals surface area (Å²) in [4.78, 5) is 28.7. The van der Waals surface area contributed by atoms with Crippen LogP contribution in [0.4, 0.5) is 0 Å². The van der Waals surface area contributed by atoms with Crippen LogP contribution < -0.4 is 4.74 Å². The number of hydrogen-bond acceptors (Lipinski definition) is 4. The molecular weight excluding hydrogens is 426 g/mol. The fourth-order valence-electron chi connectivity index (χ4n) is 6.97. The van der Waals surface area contributed by atoms with Crippen LogP contribution in [0.25, 0.3) is 0 Å². The molecule has 0 aromatic heterocycles. The Bertz CT molecular complexity index is 1050. The Labute approximate surface area is 202 Å². The summed E-state index contributed by atoms with van der Waals surface area (Å²) in [6.45, 7) is 5.03. The van der Waals surface area contributed by atoms with Crippen LogP contribution in [0.2, 0.25) is 0 Å². The molecule has 1 aliphatic carbocycles. The molecule has 1 saturated heterocycles. The highest BCUT2D eigenvalue weighted by atomic mass is 16.5. The van der Waals surface area contributed by atoms with Gasteiger partial charge in [-0.25, -0.2) is 4.79 Å². The Kier molecular flexibility index (Phi) is 6.24. The van der Waals surface area contributed by atoms with Crippen LogP contribution in [0.3, 0.4) is 0 Å². The summed E-state index contributed by atoms with van der Waals surface area (Å²) >= 11 is 0. The quantitative estimate of drug-likeness (QED) is 0.598. The molecule has 2 heterocycles. The average Bonchev–Trinajstić information content (AvgIpc) is 2.87. The lowest BCUT2D eigenvalue weighted by Crippen LogP contribution is -2.62. The van der Waals surface area contributed by atoms with Crippen molar-refractivity contribution >= 4 is 11.8 Å². The lowest BCUT2D eigenvalue weighted by atomic mass is 9.54. The van der Waals surface area contributed by atoms with Crippen molar-refractivity contribution in [3.05, 3.63) is 65.2 Å². The maximum Gasteiger partial charge on any atom is 0.339 e. The van der Waals surface area contributed by atoms with E-state index in [1.54, 1.807) is 18.2 Å². The molecule has 180 valence electrons. The summed E-state index contributed by atoms with van der Waals surface area (Å²) in [7, 11) is 0. The number of para-hydroxylation sites is 1. The van der Waals surface area contributed by atoms with E-state index < -0.39 is 17.5 Å². The second kappa shape index (κ2) is 9.18. The zero-order valence-corrected chi connectivity index (χ0v) is 20.1. The molecule has 5 nitrogen and oxygen atoms in total. The number of rotatable bonds is 5. The van der Waals surface area contributed by atoms with Crippen LogP contribution in [-0.4, -0.2) is 41.4 Å². The van der Waals surface area contributed by atoms with Gasteiger partial charge in [-0.3, -0.25) is 4.79 Å². The van der Waals surface area contributed by atoms with Crippen molar-refractivity contribution in [1.82, 2.24) is 4.90 Å². The van der Waals surface area contributed by atoms with E-state index in [0.717, 1.165) is 50.9 Å². The maximum atomic E-state index is 14.0. The molecule has 2 fully saturated rings. The van der Waals surface area contributed by atoms with Gasteiger partial charge >= 0.3 is 5.97 Å². The van der Waals surface area contributed by atoms with Crippen LogP contribution in [0.5, 0.6) is 5.75 Å². The summed E-state index contributed by atoms with van der Waals surface area (Å²) in [5, 5.41) is 9.97. The molecule has 2 aromatic rings. The molecule has 1 saturated carbocycles. The van der Waals surface area contributed by atoms with Crippen molar-refractivity contribution in [3.8, 4) is 5.75 Å². The smallest absolute Gasteiger partial charge is 0.339 e. The van der Waals surface area contributed by atoms with Gasteiger partial charge in [-0.15, -0.1) is 0 Å². The van der Waals surface area contributed by atoms with Crippen molar-refractivity contribution in [3.63, 3.8) is 0 Å². The van der Waals surface area contributed by atoms with E-state index in [0.29, 0.717) is 5.56 Å². The zero-order valence-electron chi connectivity index (χ0n) is 20.1. The van der Waals surface area contributed by atoms with Crippen LogP contribution >= 0.6 is 0 Å². The number of carboxylic acids is 1. The van der Waals surface area contributed by atoms with Crippen molar-refractivity contribution in [2.75, 3.05) is 19.6 Å². The molecular formula is C29H35NO4. The van der Waals surface area contributed by atoms with E-state index >= 15 is 0 Å². The fourth-order valence-corrected chi connectivity index (χ4v) is 6.97. The fraction of sp³-hybridized carbons (Fsp3) is 0.517. The summed E-state index contributed by atoms with van der Waals surface area (Å²) in [6.07, 6.45) is 9.01. The van der Waals surface area contributed by atoms with Crippen LogP contribution in [0, 0.1) is 11.3 Å². The molecule has 2 unspecified atom stereocenters. The number of hydrogen-bond donors (Lipinski definition) is 1. The first-order chi connectivity index (χ1) is 16.5. The highest BCUT2D eigenvalue weighted by Crippen LogP contribution is 2.59. The molecule has 0 bridgehead atoms. The minimum Gasteiger partial charge on any atom is -0.479 e. The molecule has 0 radical (unpaired) electrons. The van der Waals surface area contributed by atoms with E-state index in [1.807, 2.05) is 25.1 Å². The predicted molar refractivity (Wildman–Crippen MR) is 131 cm³/mol. The number of fused-ring (bicyclic) bond motifs is 1. The standard InChI is InChI=1S/C29H35NO4/c1-21-25(31)23-14-11-15-24(27(32)33)26(23)34-29(21,22-12-5-2-6-13-22)28(16-7-3-8-17-28)20-30-18-9-4-10-19-30/h2,5-6,11-15,21H,3-4,7-10,16-20H2,1H3,(H,32,33). The van der Waals surface area contributed by atoms with Gasteiger partial charge in [-0.1, -0.05) is 69.0 Å². The van der Waals surface area contributed by atoms with Crippen LogP contribution in [-0.2, 0) is 5.60 Å². The van der Waals surface area contributed by atoms with Gasteiger partial charge in [0.2, 0.25) is 0 Å². The van der Waals surface area contributed by atoms with Gasteiger partial charge in [-0.05, 0) is 56.5 Å².